The lowest BCUT2D eigenvalue weighted by Crippen LogP contribution is -2.36. The maximum absolute atomic E-state index is 14.0. The van der Waals surface area contributed by atoms with E-state index >= 15 is 0 Å². The maximum atomic E-state index is 14.0. The number of aliphatic hydroxyl groups is 1. The average molecular weight is 462 g/mol. The van der Waals surface area contributed by atoms with Crippen molar-refractivity contribution in [1.82, 2.24) is 4.90 Å². The third-order valence-electron chi connectivity index (χ3n) is 5.74. The minimum atomic E-state index is -3.39. The summed E-state index contributed by atoms with van der Waals surface area (Å²) in [6, 6.07) is 8.77. The van der Waals surface area contributed by atoms with E-state index in [2.05, 4.69) is 16.6 Å². The van der Waals surface area contributed by atoms with Crippen LogP contribution >= 0.6 is 0 Å². The molecule has 1 heterocycles. The minimum absolute atomic E-state index is 0.182. The van der Waals surface area contributed by atoms with Crippen LogP contribution in [0.1, 0.15) is 57.4 Å². The predicted octanol–water partition coefficient (Wildman–Crippen LogP) is 4.34. The number of hydrogen-bond donors (Lipinski definition) is 1. The van der Waals surface area contributed by atoms with E-state index in [1.165, 1.54) is 24.2 Å². The number of hydrogen-bond acceptors (Lipinski definition) is 4. The van der Waals surface area contributed by atoms with Gasteiger partial charge in [-0.15, -0.1) is 0 Å². The van der Waals surface area contributed by atoms with Crippen LogP contribution in [0.3, 0.4) is 0 Å². The second kappa shape index (κ2) is 13.1. The summed E-state index contributed by atoms with van der Waals surface area (Å²) in [7, 11) is 1.34. The van der Waals surface area contributed by atoms with Gasteiger partial charge in [-0.3, -0.25) is 9.59 Å². The van der Waals surface area contributed by atoms with Crippen LogP contribution in [0.4, 0.5) is 8.78 Å². The van der Waals surface area contributed by atoms with Crippen molar-refractivity contribution in [3.05, 3.63) is 48.0 Å². The van der Waals surface area contributed by atoms with Crippen molar-refractivity contribution >= 4 is 11.9 Å². The second-order valence-electron chi connectivity index (χ2n) is 8.44. The van der Waals surface area contributed by atoms with Gasteiger partial charge >= 0.3 is 11.9 Å². The number of carbonyl (C=O) groups is 2. The molecule has 3 atom stereocenters. The lowest BCUT2D eigenvalue weighted by atomic mass is 9.99. The van der Waals surface area contributed by atoms with Gasteiger partial charge in [0.15, 0.2) is 0 Å². The van der Waals surface area contributed by atoms with Gasteiger partial charge in [-0.25, -0.2) is 0 Å². The molecule has 0 saturated carbocycles. The Hall–Kier alpha value is -2.72. The fraction of sp³-hybridized carbons (Fsp3) is 0.538. The highest BCUT2D eigenvalue weighted by Gasteiger charge is 2.52. The molecule has 1 aromatic carbocycles. The number of likely N-dealkylation sites (tertiary alicyclic amines) is 1. The molecule has 33 heavy (non-hydrogen) atoms. The smallest absolute Gasteiger partial charge is 0.327 e. The monoisotopic (exact) mass is 461 g/mol. The summed E-state index contributed by atoms with van der Waals surface area (Å²) in [4.78, 5) is 24.5. The number of ether oxygens (including phenoxy) is 1. The summed E-state index contributed by atoms with van der Waals surface area (Å²) in [5, 5.41) is 10.4. The standard InChI is InChI=1S/C26H33F2NO4/c1-20(11-10-14-21-12-6-5-7-13-21)23(30)17-16-22-19-26(27,28)25(32)29(22)18-9-4-3-8-15-24(31)33-2/h5-7,12-13,16-17,20,22-23,30H,3-4,8-9,11,15,18-19H2,1-2H3. The van der Waals surface area contributed by atoms with Gasteiger partial charge in [-0.2, -0.15) is 8.78 Å². The summed E-state index contributed by atoms with van der Waals surface area (Å²) >= 11 is 0. The van der Waals surface area contributed by atoms with E-state index in [-0.39, 0.29) is 18.4 Å². The zero-order chi connectivity index (χ0) is 24.3. The molecule has 1 amide bonds. The largest absolute Gasteiger partial charge is 0.469 e. The Morgan fingerprint density at radius 2 is 1.97 bits per heavy atom. The Kier molecular flexibility index (Phi) is 10.5. The third kappa shape index (κ3) is 8.62. The van der Waals surface area contributed by atoms with Crippen LogP contribution in [0.2, 0.25) is 0 Å². The molecule has 180 valence electrons. The lowest BCUT2D eigenvalue weighted by molar-refractivity contribution is -0.148. The molecule has 1 saturated heterocycles. The number of alkyl halides is 2. The number of rotatable bonds is 11. The van der Waals surface area contributed by atoms with E-state index in [0.717, 1.165) is 18.4 Å². The fourth-order valence-corrected chi connectivity index (χ4v) is 3.66. The molecule has 3 unspecified atom stereocenters. The second-order valence-corrected chi connectivity index (χ2v) is 8.44. The number of esters is 1. The number of nitrogens with zero attached hydrogens (tertiary/aromatic N) is 1. The highest BCUT2D eigenvalue weighted by Crippen LogP contribution is 2.34. The molecule has 1 aliphatic heterocycles. The van der Waals surface area contributed by atoms with E-state index in [4.69, 9.17) is 0 Å². The normalized spacial score (nSPS) is 19.2. The molecule has 0 bridgehead atoms. The average Bonchev–Trinajstić information content (AvgIpc) is 3.02. The summed E-state index contributed by atoms with van der Waals surface area (Å²) in [5.41, 5.74) is 0.891. The van der Waals surface area contributed by atoms with Gasteiger partial charge in [0.2, 0.25) is 0 Å². The molecule has 0 aromatic heterocycles. The number of amides is 1. The van der Waals surface area contributed by atoms with E-state index in [9.17, 15) is 23.5 Å². The summed E-state index contributed by atoms with van der Waals surface area (Å²) in [6.07, 6.45) is 5.08. The molecular formula is C26H33F2NO4. The quantitative estimate of drug-likeness (QED) is 0.230. The van der Waals surface area contributed by atoms with Gasteiger partial charge in [0.25, 0.3) is 5.91 Å². The van der Waals surface area contributed by atoms with E-state index in [1.54, 1.807) is 0 Å². The summed E-state index contributed by atoms with van der Waals surface area (Å²) in [5.74, 6) is 1.07. The van der Waals surface area contributed by atoms with Gasteiger partial charge in [-0.05, 0) is 30.9 Å². The van der Waals surface area contributed by atoms with Crippen molar-refractivity contribution in [1.29, 1.82) is 0 Å². The molecule has 0 spiro atoms. The van der Waals surface area contributed by atoms with Crippen molar-refractivity contribution in [2.45, 2.75) is 69.9 Å². The first-order valence-corrected chi connectivity index (χ1v) is 11.4. The zero-order valence-corrected chi connectivity index (χ0v) is 19.3. The molecule has 7 heteroatoms. The molecule has 0 aliphatic carbocycles. The maximum Gasteiger partial charge on any atom is 0.327 e. The molecule has 2 rings (SSSR count). The number of carbonyl (C=O) groups excluding carboxylic acids is 2. The number of halogens is 2. The molecule has 0 radical (unpaired) electrons. The van der Waals surface area contributed by atoms with E-state index in [0.29, 0.717) is 25.7 Å². The van der Waals surface area contributed by atoms with Crippen LogP contribution in [0, 0.1) is 17.8 Å². The van der Waals surface area contributed by atoms with Crippen LogP contribution < -0.4 is 0 Å². The lowest BCUT2D eigenvalue weighted by Gasteiger charge is -2.22. The van der Waals surface area contributed by atoms with Gasteiger partial charge in [-0.1, -0.05) is 62.0 Å². The zero-order valence-electron chi connectivity index (χ0n) is 19.3. The Balaban J connectivity index is 1.85. The highest BCUT2D eigenvalue weighted by molar-refractivity contribution is 5.86. The van der Waals surface area contributed by atoms with Crippen LogP contribution in [-0.4, -0.2) is 53.6 Å². The first kappa shape index (κ1) is 26.5. The molecule has 1 aromatic rings. The third-order valence-corrected chi connectivity index (χ3v) is 5.74. The Bertz CT molecular complexity index is 860. The molecule has 5 nitrogen and oxygen atoms in total. The molecular weight excluding hydrogens is 428 g/mol. The van der Waals surface area contributed by atoms with Crippen molar-refractivity contribution in [3.8, 4) is 11.8 Å². The van der Waals surface area contributed by atoms with Gasteiger partial charge in [0.1, 0.15) is 0 Å². The number of aliphatic hydroxyl groups excluding tert-OH is 1. The van der Waals surface area contributed by atoms with Gasteiger partial charge in [0.05, 0.1) is 19.3 Å². The van der Waals surface area contributed by atoms with Crippen LogP contribution in [-0.2, 0) is 14.3 Å². The predicted molar refractivity (Wildman–Crippen MR) is 122 cm³/mol. The first-order valence-electron chi connectivity index (χ1n) is 11.4. The van der Waals surface area contributed by atoms with Crippen molar-refractivity contribution in [3.63, 3.8) is 0 Å². The topological polar surface area (TPSA) is 66.8 Å². The van der Waals surface area contributed by atoms with Crippen molar-refractivity contribution in [2.75, 3.05) is 13.7 Å². The van der Waals surface area contributed by atoms with E-state index in [1.807, 2.05) is 37.3 Å². The molecule has 1 fully saturated rings. The highest BCUT2D eigenvalue weighted by atomic mass is 19.3. The van der Waals surface area contributed by atoms with Crippen LogP contribution in [0.25, 0.3) is 0 Å². The van der Waals surface area contributed by atoms with Crippen molar-refractivity contribution in [2.24, 2.45) is 5.92 Å². The number of unbranched alkanes of at least 4 members (excludes halogenated alkanes) is 3. The molecule has 1 N–H and O–H groups in total. The first-order chi connectivity index (χ1) is 15.7. The summed E-state index contributed by atoms with van der Waals surface area (Å²) < 4.78 is 32.7. The Labute approximate surface area is 194 Å². The minimum Gasteiger partial charge on any atom is -0.469 e. The molecule has 1 aliphatic rings. The van der Waals surface area contributed by atoms with E-state index < -0.39 is 30.4 Å². The van der Waals surface area contributed by atoms with Crippen molar-refractivity contribution < 1.29 is 28.2 Å². The fourth-order valence-electron chi connectivity index (χ4n) is 3.66. The summed E-state index contributed by atoms with van der Waals surface area (Å²) in [6.45, 7) is 2.06. The Morgan fingerprint density at radius 3 is 2.67 bits per heavy atom. The van der Waals surface area contributed by atoms with Crippen LogP contribution in [0.5, 0.6) is 0 Å². The van der Waals surface area contributed by atoms with Gasteiger partial charge in [0, 0.05) is 31.4 Å². The van der Waals surface area contributed by atoms with Crippen LogP contribution in [0.15, 0.2) is 42.5 Å². The Morgan fingerprint density at radius 1 is 1.27 bits per heavy atom. The number of methoxy groups -OCH3 is 1. The number of benzene rings is 1. The SMILES string of the molecule is COC(=O)CCCCCCN1C(=O)C(F)(F)CC1C=CC(O)C(C)CC#Cc1ccccc1. The van der Waals surface area contributed by atoms with Gasteiger partial charge < -0.3 is 14.7 Å².